The topological polar surface area (TPSA) is 68.2 Å². The van der Waals surface area contributed by atoms with Gasteiger partial charge in [0.05, 0.1) is 11.0 Å². The summed E-state index contributed by atoms with van der Waals surface area (Å²) in [4.78, 5) is 9.26. The Balaban J connectivity index is 1.86. The first-order chi connectivity index (χ1) is 9.83. The standard InChI is InChI=1S/C15H17N5/c16-14-18-13(10-6-2-1-3-7-10)20-12-9-5-4-8-11(12)17-15(20)19-14/h1-2,4-5,8-10,13H,3,6-7H2,(H3,16,17,18,19)/t10-,13+/m1/s1. The Bertz CT molecular complexity index is 712. The first-order valence-electron chi connectivity index (χ1n) is 7.05. The molecule has 0 saturated heterocycles. The van der Waals surface area contributed by atoms with E-state index in [9.17, 15) is 0 Å². The van der Waals surface area contributed by atoms with Gasteiger partial charge in [-0.3, -0.25) is 9.88 Å². The molecule has 4 rings (SSSR count). The van der Waals surface area contributed by atoms with Gasteiger partial charge >= 0.3 is 0 Å². The first-order valence-corrected chi connectivity index (χ1v) is 7.05. The van der Waals surface area contributed by atoms with Crippen molar-refractivity contribution in [1.29, 1.82) is 0 Å². The number of aliphatic imine (C=N–C) groups is 1. The van der Waals surface area contributed by atoms with Crippen LogP contribution < -0.4 is 11.1 Å². The number of benzene rings is 1. The van der Waals surface area contributed by atoms with Crippen molar-refractivity contribution < 1.29 is 0 Å². The molecule has 0 unspecified atom stereocenters. The van der Waals surface area contributed by atoms with Gasteiger partial charge in [0.25, 0.3) is 0 Å². The highest BCUT2D eigenvalue weighted by Crippen LogP contribution is 2.37. The molecule has 1 aromatic carbocycles. The molecular weight excluding hydrogens is 250 g/mol. The minimum Gasteiger partial charge on any atom is -0.370 e. The minimum absolute atomic E-state index is 0.0450. The van der Waals surface area contributed by atoms with Crippen LogP contribution in [0.4, 0.5) is 5.95 Å². The highest BCUT2D eigenvalue weighted by molar-refractivity contribution is 5.94. The van der Waals surface area contributed by atoms with Crippen LogP contribution >= 0.6 is 0 Å². The molecule has 20 heavy (non-hydrogen) atoms. The molecule has 0 bridgehead atoms. The molecule has 1 aliphatic carbocycles. The van der Waals surface area contributed by atoms with Gasteiger partial charge in [0.15, 0.2) is 5.96 Å². The molecule has 0 radical (unpaired) electrons. The molecule has 0 spiro atoms. The van der Waals surface area contributed by atoms with Crippen molar-refractivity contribution >= 4 is 22.9 Å². The number of para-hydroxylation sites is 2. The van der Waals surface area contributed by atoms with Crippen molar-refractivity contribution in [3.63, 3.8) is 0 Å². The van der Waals surface area contributed by atoms with Crippen molar-refractivity contribution in [2.24, 2.45) is 16.6 Å². The molecular formula is C15H17N5. The Morgan fingerprint density at radius 3 is 3.00 bits per heavy atom. The van der Waals surface area contributed by atoms with Crippen molar-refractivity contribution in [1.82, 2.24) is 9.55 Å². The van der Waals surface area contributed by atoms with Crippen LogP contribution in [-0.2, 0) is 0 Å². The number of nitrogens with zero attached hydrogens (tertiary/aromatic N) is 3. The lowest BCUT2D eigenvalue weighted by atomic mass is 9.91. The van der Waals surface area contributed by atoms with Crippen LogP contribution in [0.15, 0.2) is 41.4 Å². The maximum atomic E-state index is 5.94. The maximum Gasteiger partial charge on any atom is 0.212 e. The Morgan fingerprint density at radius 1 is 1.25 bits per heavy atom. The summed E-state index contributed by atoms with van der Waals surface area (Å²) in [5, 5.41) is 3.08. The van der Waals surface area contributed by atoms with Crippen LogP contribution in [0.3, 0.4) is 0 Å². The second-order valence-electron chi connectivity index (χ2n) is 5.39. The summed E-state index contributed by atoms with van der Waals surface area (Å²) in [7, 11) is 0. The average molecular weight is 267 g/mol. The summed E-state index contributed by atoms with van der Waals surface area (Å²) < 4.78 is 2.19. The second-order valence-corrected chi connectivity index (χ2v) is 5.39. The van der Waals surface area contributed by atoms with Gasteiger partial charge < -0.3 is 5.73 Å². The molecule has 1 aromatic heterocycles. The lowest BCUT2D eigenvalue weighted by Gasteiger charge is -2.30. The zero-order valence-corrected chi connectivity index (χ0v) is 11.2. The Kier molecular flexibility index (Phi) is 2.52. The van der Waals surface area contributed by atoms with E-state index in [4.69, 9.17) is 5.73 Å². The fourth-order valence-corrected chi connectivity index (χ4v) is 3.15. The molecule has 0 amide bonds. The second kappa shape index (κ2) is 4.37. The number of allylic oxidation sites excluding steroid dienone is 2. The number of nitrogens with one attached hydrogen (secondary N) is 1. The van der Waals surface area contributed by atoms with Gasteiger partial charge in [-0.2, -0.15) is 0 Å². The Morgan fingerprint density at radius 2 is 2.15 bits per heavy atom. The molecule has 5 nitrogen and oxygen atoms in total. The van der Waals surface area contributed by atoms with Crippen LogP contribution in [0.2, 0.25) is 0 Å². The monoisotopic (exact) mass is 267 g/mol. The zero-order valence-electron chi connectivity index (χ0n) is 11.2. The van der Waals surface area contributed by atoms with Gasteiger partial charge in [0, 0.05) is 5.92 Å². The predicted octanol–water partition coefficient (Wildman–Crippen LogP) is 2.63. The number of fused-ring (bicyclic) bond motifs is 3. The van der Waals surface area contributed by atoms with E-state index in [0.29, 0.717) is 11.9 Å². The van der Waals surface area contributed by atoms with Crippen LogP contribution in [0.5, 0.6) is 0 Å². The molecule has 1 aliphatic heterocycles. The predicted molar refractivity (Wildman–Crippen MR) is 80.5 cm³/mol. The summed E-state index contributed by atoms with van der Waals surface area (Å²) in [5.41, 5.74) is 8.04. The summed E-state index contributed by atoms with van der Waals surface area (Å²) in [6.45, 7) is 0. The number of guanidine groups is 1. The number of hydrogen-bond acceptors (Lipinski definition) is 4. The van der Waals surface area contributed by atoms with E-state index < -0.39 is 0 Å². The molecule has 3 N–H and O–H groups in total. The lowest BCUT2D eigenvalue weighted by molar-refractivity contribution is 0.321. The third-order valence-corrected chi connectivity index (χ3v) is 4.10. The fourth-order valence-electron chi connectivity index (χ4n) is 3.15. The van der Waals surface area contributed by atoms with E-state index >= 15 is 0 Å². The van der Waals surface area contributed by atoms with Crippen molar-refractivity contribution in [3.8, 4) is 0 Å². The van der Waals surface area contributed by atoms with E-state index in [-0.39, 0.29) is 6.17 Å². The first kappa shape index (κ1) is 11.5. The highest BCUT2D eigenvalue weighted by atomic mass is 15.4. The fraction of sp³-hybridized carbons (Fsp3) is 0.333. The number of rotatable bonds is 1. The molecule has 2 aromatic rings. The van der Waals surface area contributed by atoms with Crippen LogP contribution in [0.1, 0.15) is 25.4 Å². The summed E-state index contributed by atoms with van der Waals surface area (Å²) in [6.07, 6.45) is 7.85. The van der Waals surface area contributed by atoms with E-state index in [0.717, 1.165) is 36.2 Å². The van der Waals surface area contributed by atoms with Crippen molar-refractivity contribution in [3.05, 3.63) is 36.4 Å². The van der Waals surface area contributed by atoms with E-state index in [1.165, 1.54) is 0 Å². The number of aromatic nitrogens is 2. The molecule has 0 saturated carbocycles. The van der Waals surface area contributed by atoms with Gasteiger partial charge in [-0.1, -0.05) is 24.3 Å². The lowest BCUT2D eigenvalue weighted by Crippen LogP contribution is -2.34. The Hall–Kier alpha value is -2.30. The van der Waals surface area contributed by atoms with Crippen LogP contribution in [0, 0.1) is 5.92 Å². The largest absolute Gasteiger partial charge is 0.370 e. The molecule has 102 valence electrons. The van der Waals surface area contributed by atoms with E-state index in [2.05, 4.69) is 38.1 Å². The smallest absolute Gasteiger partial charge is 0.212 e. The van der Waals surface area contributed by atoms with Gasteiger partial charge in [-0.15, -0.1) is 0 Å². The van der Waals surface area contributed by atoms with E-state index in [1.807, 2.05) is 18.2 Å². The van der Waals surface area contributed by atoms with Gasteiger partial charge in [0.1, 0.15) is 6.17 Å². The highest BCUT2D eigenvalue weighted by Gasteiger charge is 2.30. The van der Waals surface area contributed by atoms with Gasteiger partial charge in [-0.25, -0.2) is 9.98 Å². The van der Waals surface area contributed by atoms with Crippen LogP contribution in [-0.4, -0.2) is 15.5 Å². The third kappa shape index (κ3) is 1.70. The molecule has 2 aliphatic rings. The molecule has 2 heterocycles. The molecule has 5 heteroatoms. The maximum absolute atomic E-state index is 5.94. The quantitative estimate of drug-likeness (QED) is 0.780. The third-order valence-electron chi connectivity index (χ3n) is 4.10. The zero-order chi connectivity index (χ0) is 13.5. The summed E-state index contributed by atoms with van der Waals surface area (Å²) in [6, 6.07) is 8.16. The van der Waals surface area contributed by atoms with Crippen LogP contribution in [0.25, 0.3) is 11.0 Å². The van der Waals surface area contributed by atoms with Gasteiger partial charge in [-0.05, 0) is 31.4 Å². The number of imidazole rings is 1. The SMILES string of the molecule is NC1=N[C@H]([C@@H]2CC=CCC2)n2c(nc3ccccc32)N1. The minimum atomic E-state index is 0.0450. The summed E-state index contributed by atoms with van der Waals surface area (Å²) in [5.74, 6) is 1.75. The normalized spacial score (nSPS) is 25.1. The number of hydrogen-bond donors (Lipinski definition) is 2. The molecule has 0 fully saturated rings. The average Bonchev–Trinajstić information content (AvgIpc) is 2.85. The van der Waals surface area contributed by atoms with E-state index in [1.54, 1.807) is 0 Å². The number of nitrogens with two attached hydrogens (primary N) is 1. The van der Waals surface area contributed by atoms with Crippen molar-refractivity contribution in [2.75, 3.05) is 5.32 Å². The van der Waals surface area contributed by atoms with Crippen molar-refractivity contribution in [2.45, 2.75) is 25.4 Å². The van der Waals surface area contributed by atoms with Gasteiger partial charge in [0.2, 0.25) is 5.95 Å². The summed E-state index contributed by atoms with van der Waals surface area (Å²) >= 11 is 0. The number of anilines is 1. The molecule has 2 atom stereocenters. The Labute approximate surface area is 117 Å².